The molecule has 5 nitrogen and oxygen atoms in total. The van der Waals surface area contributed by atoms with Crippen molar-refractivity contribution in [3.8, 4) is 5.75 Å². The van der Waals surface area contributed by atoms with Crippen LogP contribution in [0.3, 0.4) is 0 Å². The van der Waals surface area contributed by atoms with E-state index >= 15 is 0 Å². The number of hydrogen-bond acceptors (Lipinski definition) is 4. The van der Waals surface area contributed by atoms with Crippen molar-refractivity contribution in [2.75, 3.05) is 13.2 Å². The second kappa shape index (κ2) is 8.46. The standard InChI is InChI=1S/C23H29N3O2/c1-5-8-28-22-15-26-19(10-21(22)27)14-25-13-17-12-24-11-16-6-7-18(9-20(16)17)23(2,3)4/h6-7,9-11,13,15,25H,5,8,12,14H2,1-4H3,(H,26,27). The number of benzene rings is 1. The summed E-state index contributed by atoms with van der Waals surface area (Å²) in [6, 6.07) is 8.16. The van der Waals surface area contributed by atoms with Gasteiger partial charge in [0, 0.05) is 30.4 Å². The van der Waals surface area contributed by atoms with Crippen LogP contribution in [0.4, 0.5) is 0 Å². The van der Waals surface area contributed by atoms with E-state index in [9.17, 15) is 4.79 Å². The Morgan fingerprint density at radius 3 is 2.82 bits per heavy atom. The second-order valence-electron chi connectivity index (χ2n) is 8.11. The lowest BCUT2D eigenvalue weighted by molar-refractivity contribution is 0.313. The molecule has 148 valence electrons. The van der Waals surface area contributed by atoms with Gasteiger partial charge in [-0.2, -0.15) is 0 Å². The van der Waals surface area contributed by atoms with E-state index in [1.54, 1.807) is 12.3 Å². The van der Waals surface area contributed by atoms with Crippen molar-refractivity contribution in [3.05, 3.63) is 69.3 Å². The van der Waals surface area contributed by atoms with Gasteiger partial charge in [-0.1, -0.05) is 45.9 Å². The van der Waals surface area contributed by atoms with Crippen molar-refractivity contribution in [1.29, 1.82) is 0 Å². The predicted molar refractivity (Wildman–Crippen MR) is 115 cm³/mol. The third kappa shape index (κ3) is 4.71. The van der Waals surface area contributed by atoms with Crippen molar-refractivity contribution >= 4 is 11.8 Å². The maximum absolute atomic E-state index is 12.1. The van der Waals surface area contributed by atoms with E-state index in [1.807, 2.05) is 19.3 Å². The predicted octanol–water partition coefficient (Wildman–Crippen LogP) is 4.02. The average Bonchev–Trinajstić information content (AvgIpc) is 2.66. The van der Waals surface area contributed by atoms with E-state index in [1.165, 1.54) is 11.1 Å². The number of nitrogens with one attached hydrogen (secondary N) is 2. The van der Waals surface area contributed by atoms with Gasteiger partial charge in [0.2, 0.25) is 5.43 Å². The van der Waals surface area contributed by atoms with Crippen LogP contribution in [0.15, 0.2) is 46.4 Å². The average molecular weight is 380 g/mol. The first-order chi connectivity index (χ1) is 13.4. The van der Waals surface area contributed by atoms with Gasteiger partial charge >= 0.3 is 0 Å². The molecular formula is C23H29N3O2. The molecule has 2 aromatic rings. The number of nitrogens with zero attached hydrogens (tertiary/aromatic N) is 1. The molecule has 1 aliphatic rings. The van der Waals surface area contributed by atoms with Crippen molar-refractivity contribution in [2.24, 2.45) is 4.99 Å². The van der Waals surface area contributed by atoms with E-state index in [-0.39, 0.29) is 10.8 Å². The zero-order chi connectivity index (χ0) is 20.1. The number of aliphatic imine (C=N–C) groups is 1. The number of hydrogen-bond donors (Lipinski definition) is 2. The molecule has 0 amide bonds. The number of H-pyrrole nitrogens is 1. The third-order valence-electron chi connectivity index (χ3n) is 4.72. The van der Waals surface area contributed by atoms with Gasteiger partial charge in [-0.05, 0) is 34.1 Å². The van der Waals surface area contributed by atoms with Crippen LogP contribution in [0.25, 0.3) is 5.57 Å². The summed E-state index contributed by atoms with van der Waals surface area (Å²) in [5.74, 6) is 0.370. The molecular weight excluding hydrogens is 350 g/mol. The number of ether oxygens (including phenoxy) is 1. The molecule has 1 aromatic carbocycles. The SMILES string of the molecule is CCCOc1c[nH]c(CNC=C2CN=Cc3ccc(C(C)(C)C)cc32)cc1=O. The van der Waals surface area contributed by atoms with Crippen molar-refractivity contribution in [1.82, 2.24) is 10.3 Å². The first-order valence-electron chi connectivity index (χ1n) is 9.80. The summed E-state index contributed by atoms with van der Waals surface area (Å²) in [4.78, 5) is 19.7. The van der Waals surface area contributed by atoms with Crippen LogP contribution in [0.2, 0.25) is 0 Å². The molecule has 0 saturated carbocycles. The second-order valence-corrected chi connectivity index (χ2v) is 8.11. The van der Waals surface area contributed by atoms with Gasteiger partial charge < -0.3 is 15.0 Å². The Kier molecular flexibility index (Phi) is 6.02. The van der Waals surface area contributed by atoms with Crippen LogP contribution in [-0.4, -0.2) is 24.4 Å². The molecule has 0 fully saturated rings. The molecule has 0 atom stereocenters. The molecule has 1 aliphatic heterocycles. The lowest BCUT2D eigenvalue weighted by atomic mass is 9.84. The summed E-state index contributed by atoms with van der Waals surface area (Å²) in [5.41, 5.74) is 5.62. The molecule has 0 unspecified atom stereocenters. The summed E-state index contributed by atoms with van der Waals surface area (Å²) < 4.78 is 5.43. The zero-order valence-corrected chi connectivity index (χ0v) is 17.1. The molecule has 3 rings (SSSR count). The fourth-order valence-corrected chi connectivity index (χ4v) is 3.08. The fourth-order valence-electron chi connectivity index (χ4n) is 3.08. The molecule has 0 radical (unpaired) electrons. The minimum absolute atomic E-state index is 0.0981. The van der Waals surface area contributed by atoms with Gasteiger partial charge in [-0.25, -0.2) is 0 Å². The Morgan fingerprint density at radius 2 is 2.11 bits per heavy atom. The van der Waals surface area contributed by atoms with E-state index in [0.29, 0.717) is 25.4 Å². The Morgan fingerprint density at radius 1 is 1.29 bits per heavy atom. The van der Waals surface area contributed by atoms with Crippen LogP contribution in [0.5, 0.6) is 5.75 Å². The normalized spacial score (nSPS) is 14.8. The lowest BCUT2D eigenvalue weighted by Crippen LogP contribution is -2.15. The Balaban J connectivity index is 1.73. The lowest BCUT2D eigenvalue weighted by Gasteiger charge is -2.22. The van der Waals surface area contributed by atoms with Crippen molar-refractivity contribution < 1.29 is 4.74 Å². The van der Waals surface area contributed by atoms with Crippen LogP contribution in [0, 0.1) is 0 Å². The summed E-state index contributed by atoms with van der Waals surface area (Å²) in [6.45, 7) is 10.4. The highest BCUT2D eigenvalue weighted by Crippen LogP contribution is 2.29. The van der Waals surface area contributed by atoms with Crippen LogP contribution >= 0.6 is 0 Å². The molecule has 2 heterocycles. The van der Waals surface area contributed by atoms with Crippen LogP contribution in [0.1, 0.15) is 56.5 Å². The summed E-state index contributed by atoms with van der Waals surface area (Å²) in [6.07, 6.45) is 6.45. The molecule has 0 aliphatic carbocycles. The quantitative estimate of drug-likeness (QED) is 0.796. The van der Waals surface area contributed by atoms with Gasteiger partial charge in [0.05, 0.1) is 19.7 Å². The van der Waals surface area contributed by atoms with Crippen molar-refractivity contribution in [2.45, 2.75) is 46.1 Å². The molecule has 0 bridgehead atoms. The third-order valence-corrected chi connectivity index (χ3v) is 4.72. The summed E-state index contributed by atoms with van der Waals surface area (Å²) >= 11 is 0. The Hall–Kier alpha value is -2.82. The molecule has 2 N–H and O–H groups in total. The molecule has 5 heteroatoms. The van der Waals surface area contributed by atoms with Gasteiger partial charge in [-0.3, -0.25) is 9.79 Å². The summed E-state index contributed by atoms with van der Waals surface area (Å²) in [5, 5.41) is 3.31. The zero-order valence-electron chi connectivity index (χ0n) is 17.1. The molecule has 0 saturated heterocycles. The molecule has 1 aromatic heterocycles. The Bertz CT molecular complexity index is 949. The molecule has 28 heavy (non-hydrogen) atoms. The maximum Gasteiger partial charge on any atom is 0.223 e. The number of aromatic nitrogens is 1. The smallest absolute Gasteiger partial charge is 0.223 e. The Labute approximate surface area is 166 Å². The monoisotopic (exact) mass is 379 g/mol. The first-order valence-corrected chi connectivity index (χ1v) is 9.80. The number of pyridine rings is 1. The fraction of sp³-hybridized carbons (Fsp3) is 0.391. The number of rotatable bonds is 6. The summed E-state index contributed by atoms with van der Waals surface area (Å²) in [7, 11) is 0. The number of fused-ring (bicyclic) bond motifs is 1. The van der Waals surface area contributed by atoms with Gasteiger partial charge in [0.1, 0.15) is 0 Å². The molecule has 0 spiro atoms. The minimum atomic E-state index is -0.0981. The van der Waals surface area contributed by atoms with Crippen LogP contribution in [-0.2, 0) is 12.0 Å². The highest BCUT2D eigenvalue weighted by Gasteiger charge is 2.18. The largest absolute Gasteiger partial charge is 0.488 e. The minimum Gasteiger partial charge on any atom is -0.488 e. The number of aromatic amines is 1. The van der Waals surface area contributed by atoms with Crippen molar-refractivity contribution in [3.63, 3.8) is 0 Å². The highest BCUT2D eigenvalue weighted by molar-refractivity contribution is 5.92. The maximum atomic E-state index is 12.1. The van der Waals surface area contributed by atoms with E-state index in [4.69, 9.17) is 4.74 Å². The van der Waals surface area contributed by atoms with Gasteiger partial charge in [-0.15, -0.1) is 0 Å². The highest BCUT2D eigenvalue weighted by atomic mass is 16.5. The van der Waals surface area contributed by atoms with Crippen LogP contribution < -0.4 is 15.5 Å². The van der Waals surface area contributed by atoms with Gasteiger partial charge in [0.25, 0.3) is 0 Å². The van der Waals surface area contributed by atoms with E-state index < -0.39 is 0 Å². The topological polar surface area (TPSA) is 66.5 Å². The van der Waals surface area contributed by atoms with Gasteiger partial charge in [0.15, 0.2) is 5.75 Å². The van der Waals surface area contributed by atoms with E-state index in [2.05, 4.69) is 54.3 Å². The first kappa shape index (κ1) is 19.9. The van der Waals surface area contributed by atoms with E-state index in [0.717, 1.165) is 23.3 Å².